The number of alkyl halides is 3. The van der Waals surface area contributed by atoms with Crippen molar-refractivity contribution in [2.45, 2.75) is 13.1 Å². The smallest absolute Gasteiger partial charge is 0.396 e. The molecule has 0 aromatic heterocycles. The third-order valence-corrected chi connectivity index (χ3v) is 2.99. The monoisotopic (exact) mass is 302 g/mol. The molecule has 2 rings (SSSR count). The molecule has 3 N–H and O–H groups in total. The van der Waals surface area contributed by atoms with Crippen LogP contribution in [0.3, 0.4) is 0 Å². The molecule has 0 radical (unpaired) electrons. The summed E-state index contributed by atoms with van der Waals surface area (Å²) in [5.41, 5.74) is 3.32. The summed E-state index contributed by atoms with van der Waals surface area (Å²) in [5.74, 6) is -1.84. The Bertz CT molecular complexity index is 680. The second-order valence-electron chi connectivity index (χ2n) is 4.43. The van der Waals surface area contributed by atoms with Crippen LogP contribution in [0.2, 0.25) is 0 Å². The molecule has 0 aliphatic rings. The van der Waals surface area contributed by atoms with E-state index in [-0.39, 0.29) is 16.9 Å². The molecule has 0 bridgehead atoms. The Morgan fingerprint density at radius 3 is 2.33 bits per heavy atom. The average molecular weight is 302 g/mol. The lowest BCUT2D eigenvalue weighted by molar-refractivity contribution is -0.137. The quantitative estimate of drug-likeness (QED) is 0.627. The van der Waals surface area contributed by atoms with Crippen molar-refractivity contribution in [3.8, 4) is 0 Å². The standard InChI is InChI=1S/C14H11F5N2/c1-7-11(6-5-10(20)12(7)16)21-13-8(14(17,18)19)3-2-4-9(13)15/h2-6,21H,20H2,1H3. The molecule has 0 heterocycles. The second kappa shape index (κ2) is 5.23. The minimum absolute atomic E-state index is 0.00591. The highest BCUT2D eigenvalue weighted by Gasteiger charge is 2.34. The zero-order valence-corrected chi connectivity index (χ0v) is 10.9. The summed E-state index contributed by atoms with van der Waals surface area (Å²) in [4.78, 5) is 0. The van der Waals surface area contributed by atoms with Crippen LogP contribution in [-0.2, 0) is 6.18 Å². The molecule has 2 aromatic rings. The number of para-hydroxylation sites is 1. The first-order chi connectivity index (χ1) is 9.71. The third kappa shape index (κ3) is 2.91. The maximum atomic E-state index is 13.7. The largest absolute Gasteiger partial charge is 0.418 e. The molecular formula is C14H11F5N2. The van der Waals surface area contributed by atoms with Crippen LogP contribution in [-0.4, -0.2) is 0 Å². The van der Waals surface area contributed by atoms with E-state index in [2.05, 4.69) is 5.32 Å². The molecule has 0 aliphatic carbocycles. The van der Waals surface area contributed by atoms with Crippen molar-refractivity contribution in [1.29, 1.82) is 0 Å². The van der Waals surface area contributed by atoms with Crippen LogP contribution in [0.15, 0.2) is 30.3 Å². The van der Waals surface area contributed by atoms with Crippen molar-refractivity contribution >= 4 is 17.1 Å². The second-order valence-corrected chi connectivity index (χ2v) is 4.43. The Balaban J connectivity index is 2.53. The molecule has 7 heteroatoms. The Hall–Kier alpha value is -2.31. The average Bonchev–Trinajstić information content (AvgIpc) is 2.40. The summed E-state index contributed by atoms with van der Waals surface area (Å²) in [7, 11) is 0. The van der Waals surface area contributed by atoms with Gasteiger partial charge < -0.3 is 11.1 Å². The zero-order valence-electron chi connectivity index (χ0n) is 10.9. The molecule has 112 valence electrons. The van der Waals surface area contributed by atoms with Gasteiger partial charge in [-0.05, 0) is 31.2 Å². The van der Waals surface area contributed by atoms with Crippen molar-refractivity contribution in [1.82, 2.24) is 0 Å². The van der Waals surface area contributed by atoms with Crippen LogP contribution in [0.5, 0.6) is 0 Å². The molecule has 0 aliphatic heterocycles. The van der Waals surface area contributed by atoms with Gasteiger partial charge in [0.25, 0.3) is 0 Å². The number of hydrogen-bond donors (Lipinski definition) is 2. The van der Waals surface area contributed by atoms with E-state index < -0.39 is 29.1 Å². The Morgan fingerprint density at radius 2 is 1.71 bits per heavy atom. The van der Waals surface area contributed by atoms with E-state index in [4.69, 9.17) is 5.73 Å². The molecule has 0 fully saturated rings. The predicted octanol–water partition coefficient (Wildman–Crippen LogP) is 4.62. The van der Waals surface area contributed by atoms with Crippen molar-refractivity contribution in [2.24, 2.45) is 0 Å². The number of nitrogen functional groups attached to an aromatic ring is 1. The zero-order chi connectivity index (χ0) is 15.8. The molecule has 2 aromatic carbocycles. The van der Waals surface area contributed by atoms with Crippen LogP contribution in [0.1, 0.15) is 11.1 Å². The van der Waals surface area contributed by atoms with Crippen LogP contribution in [0.25, 0.3) is 0 Å². The fourth-order valence-electron chi connectivity index (χ4n) is 1.86. The minimum Gasteiger partial charge on any atom is -0.396 e. The minimum atomic E-state index is -4.73. The van der Waals surface area contributed by atoms with Crippen molar-refractivity contribution in [2.75, 3.05) is 11.1 Å². The Morgan fingerprint density at radius 1 is 1.05 bits per heavy atom. The summed E-state index contributed by atoms with van der Waals surface area (Å²) in [6, 6.07) is 5.08. The van der Waals surface area contributed by atoms with Gasteiger partial charge in [0.2, 0.25) is 0 Å². The van der Waals surface area contributed by atoms with Gasteiger partial charge in [0, 0.05) is 11.3 Å². The predicted molar refractivity (Wildman–Crippen MR) is 70.2 cm³/mol. The number of hydrogen-bond acceptors (Lipinski definition) is 2. The molecular weight excluding hydrogens is 291 g/mol. The molecule has 21 heavy (non-hydrogen) atoms. The highest BCUT2D eigenvalue weighted by atomic mass is 19.4. The summed E-state index contributed by atoms with van der Waals surface area (Å²) >= 11 is 0. The number of nitrogens with two attached hydrogens (primary N) is 1. The van der Waals surface area contributed by atoms with E-state index >= 15 is 0 Å². The van der Waals surface area contributed by atoms with Crippen LogP contribution in [0.4, 0.5) is 39.0 Å². The van der Waals surface area contributed by atoms with Gasteiger partial charge in [0.15, 0.2) is 5.82 Å². The van der Waals surface area contributed by atoms with Gasteiger partial charge in [-0.3, -0.25) is 0 Å². The fraction of sp³-hybridized carbons (Fsp3) is 0.143. The lowest BCUT2D eigenvalue weighted by atomic mass is 10.1. The van der Waals surface area contributed by atoms with Crippen molar-refractivity contribution < 1.29 is 22.0 Å². The summed E-state index contributed by atoms with van der Waals surface area (Å²) in [6.45, 7) is 1.34. The van der Waals surface area contributed by atoms with Gasteiger partial charge in [-0.1, -0.05) is 6.07 Å². The fourth-order valence-corrected chi connectivity index (χ4v) is 1.86. The summed E-state index contributed by atoms with van der Waals surface area (Å²) in [6.07, 6.45) is -4.73. The van der Waals surface area contributed by atoms with E-state index in [1.54, 1.807) is 0 Å². The first kappa shape index (κ1) is 15.1. The maximum Gasteiger partial charge on any atom is 0.418 e. The lowest BCUT2D eigenvalue weighted by Gasteiger charge is -2.17. The van der Waals surface area contributed by atoms with Crippen molar-refractivity contribution in [3.05, 3.63) is 53.1 Å². The molecule has 0 spiro atoms. The van der Waals surface area contributed by atoms with Crippen LogP contribution < -0.4 is 11.1 Å². The van der Waals surface area contributed by atoms with Crippen LogP contribution >= 0.6 is 0 Å². The number of rotatable bonds is 2. The molecule has 0 saturated carbocycles. The number of halogens is 5. The van der Waals surface area contributed by atoms with Crippen molar-refractivity contribution in [3.63, 3.8) is 0 Å². The first-order valence-electron chi connectivity index (χ1n) is 5.89. The lowest BCUT2D eigenvalue weighted by Crippen LogP contribution is -2.11. The SMILES string of the molecule is Cc1c(Nc2c(F)cccc2C(F)(F)F)ccc(N)c1F. The van der Waals surface area contributed by atoms with Crippen LogP contribution in [0, 0.1) is 18.6 Å². The molecule has 0 amide bonds. The number of benzene rings is 2. The third-order valence-electron chi connectivity index (χ3n) is 2.99. The van der Waals surface area contributed by atoms with E-state index in [1.165, 1.54) is 19.1 Å². The molecule has 0 atom stereocenters. The van der Waals surface area contributed by atoms with E-state index in [1.807, 2.05) is 0 Å². The maximum absolute atomic E-state index is 13.7. The topological polar surface area (TPSA) is 38.0 Å². The highest BCUT2D eigenvalue weighted by Crippen LogP contribution is 2.38. The normalized spacial score (nSPS) is 11.5. The number of nitrogens with one attached hydrogen (secondary N) is 1. The highest BCUT2D eigenvalue weighted by molar-refractivity contribution is 5.69. The Kier molecular flexibility index (Phi) is 3.76. The summed E-state index contributed by atoms with van der Waals surface area (Å²) < 4.78 is 66.0. The van der Waals surface area contributed by atoms with Gasteiger partial charge in [-0.15, -0.1) is 0 Å². The first-order valence-corrected chi connectivity index (χ1v) is 5.89. The van der Waals surface area contributed by atoms with E-state index in [9.17, 15) is 22.0 Å². The summed E-state index contributed by atoms with van der Waals surface area (Å²) in [5, 5.41) is 2.29. The number of anilines is 3. The molecule has 0 unspecified atom stereocenters. The molecule has 2 nitrogen and oxygen atoms in total. The Labute approximate surface area is 117 Å². The van der Waals surface area contributed by atoms with Gasteiger partial charge in [0.05, 0.1) is 16.9 Å². The van der Waals surface area contributed by atoms with Gasteiger partial charge >= 0.3 is 6.18 Å². The van der Waals surface area contributed by atoms with Gasteiger partial charge in [0.1, 0.15) is 5.82 Å². The van der Waals surface area contributed by atoms with Gasteiger partial charge in [-0.2, -0.15) is 13.2 Å². The van der Waals surface area contributed by atoms with E-state index in [0.717, 1.165) is 18.2 Å². The van der Waals surface area contributed by atoms with Gasteiger partial charge in [-0.25, -0.2) is 8.78 Å². The molecule has 0 saturated heterocycles. The van der Waals surface area contributed by atoms with E-state index in [0.29, 0.717) is 0 Å².